The first-order chi connectivity index (χ1) is 9.06. The molecule has 2 bridgehead atoms. The maximum Gasteiger partial charge on any atom is 0.159 e. The van der Waals surface area contributed by atoms with E-state index < -0.39 is 11.7 Å². The minimum atomic E-state index is -1.04. The van der Waals surface area contributed by atoms with Crippen molar-refractivity contribution in [3.8, 4) is 0 Å². The second-order valence-electron chi connectivity index (χ2n) is 5.29. The Labute approximate surface area is 111 Å². The van der Waals surface area contributed by atoms with Gasteiger partial charge in [-0.2, -0.15) is 0 Å². The fourth-order valence-electron chi connectivity index (χ4n) is 2.75. The summed E-state index contributed by atoms with van der Waals surface area (Å²) in [7, 11) is 0. The van der Waals surface area contributed by atoms with Crippen LogP contribution in [0.1, 0.15) is 36.5 Å². The van der Waals surface area contributed by atoms with Crippen molar-refractivity contribution in [3.63, 3.8) is 0 Å². The summed E-state index contributed by atoms with van der Waals surface area (Å²) >= 11 is 0. The summed E-state index contributed by atoms with van der Waals surface area (Å²) in [5, 5.41) is 23.9. The van der Waals surface area contributed by atoms with E-state index in [4.69, 9.17) is 4.74 Å². The van der Waals surface area contributed by atoms with E-state index in [1.807, 2.05) is 18.2 Å². The zero-order chi connectivity index (χ0) is 13.5. The molecule has 0 aliphatic carbocycles. The van der Waals surface area contributed by atoms with Crippen LogP contribution in [0.5, 0.6) is 0 Å². The lowest BCUT2D eigenvalue weighted by Crippen LogP contribution is -2.44. The molecular weight excluding hydrogens is 246 g/mol. The monoisotopic (exact) mass is 262 g/mol. The third-order valence-electron chi connectivity index (χ3n) is 3.79. The summed E-state index contributed by atoms with van der Waals surface area (Å²) in [6.07, 6.45) is 1.86. The molecular formula is C14H16NO4-. The number of ether oxygens (including phenoxy) is 1. The average molecular weight is 262 g/mol. The molecule has 0 aromatic heterocycles. The second kappa shape index (κ2) is 4.51. The number of carboxylic acids is 1. The van der Waals surface area contributed by atoms with E-state index in [2.05, 4.69) is 5.32 Å². The topological polar surface area (TPSA) is 81.6 Å². The number of carboxylic acid groups (broad SMARTS) is 1. The van der Waals surface area contributed by atoms with Crippen LogP contribution in [0, 0.1) is 0 Å². The van der Waals surface area contributed by atoms with Gasteiger partial charge in [0.15, 0.2) is 5.72 Å². The van der Waals surface area contributed by atoms with E-state index in [9.17, 15) is 15.0 Å². The van der Waals surface area contributed by atoms with Gasteiger partial charge in [0, 0.05) is 17.2 Å². The highest BCUT2D eigenvalue weighted by Crippen LogP contribution is 2.41. The third-order valence-corrected chi connectivity index (χ3v) is 3.79. The van der Waals surface area contributed by atoms with Gasteiger partial charge in [-0.25, -0.2) is 0 Å². The number of hydrogen-bond acceptors (Lipinski definition) is 5. The Balaban J connectivity index is 1.89. The molecule has 102 valence electrons. The maximum absolute atomic E-state index is 10.5. The summed E-state index contributed by atoms with van der Waals surface area (Å²) in [6.45, 7) is 0.278. The molecule has 5 nitrogen and oxygen atoms in total. The van der Waals surface area contributed by atoms with E-state index in [1.54, 1.807) is 0 Å². The average Bonchev–Trinajstić information content (AvgIpc) is 2.60. The zero-order valence-electron chi connectivity index (χ0n) is 10.5. The van der Waals surface area contributed by atoms with Gasteiger partial charge in [0.1, 0.15) is 0 Å². The Morgan fingerprint density at radius 1 is 1.58 bits per heavy atom. The molecule has 1 saturated heterocycles. The molecule has 1 fully saturated rings. The first-order valence-corrected chi connectivity index (χ1v) is 6.51. The molecule has 0 amide bonds. The minimum Gasteiger partial charge on any atom is -0.550 e. The SMILES string of the molecule is O=C([O-])CCc1ccc2c(c1)[C@H]1CC[C@](O)(CO1)N2. The molecule has 1 aromatic rings. The van der Waals surface area contributed by atoms with Crippen molar-refractivity contribution in [2.75, 3.05) is 11.9 Å². The molecule has 0 radical (unpaired) electrons. The standard InChI is InChI=1S/C14H17NO4/c16-13(17)4-2-9-1-3-11-10(7-9)12-5-6-14(18,15-11)8-19-12/h1,3,7,12,15,18H,2,4-6,8H2,(H,16,17)/p-1/t12-,14+/m1/s1. The number of hydrogen-bond donors (Lipinski definition) is 2. The number of benzene rings is 1. The van der Waals surface area contributed by atoms with Crippen LogP contribution in [0.25, 0.3) is 0 Å². The molecule has 2 N–H and O–H groups in total. The minimum absolute atomic E-state index is 0.0156. The van der Waals surface area contributed by atoms with Gasteiger partial charge in [0.25, 0.3) is 0 Å². The van der Waals surface area contributed by atoms with Gasteiger partial charge in [-0.05, 0) is 37.3 Å². The molecule has 1 aromatic carbocycles. The Hall–Kier alpha value is -1.59. The lowest BCUT2D eigenvalue weighted by Gasteiger charge is -2.32. The molecule has 2 atom stereocenters. The van der Waals surface area contributed by atoms with Gasteiger partial charge in [-0.1, -0.05) is 12.1 Å². The number of anilines is 1. The number of nitrogens with one attached hydrogen (secondary N) is 1. The summed E-state index contributed by atoms with van der Waals surface area (Å²) in [4.78, 5) is 10.5. The fourth-order valence-corrected chi connectivity index (χ4v) is 2.75. The normalized spacial score (nSPS) is 28.4. The van der Waals surface area contributed by atoms with Crippen LogP contribution in [0.4, 0.5) is 5.69 Å². The van der Waals surface area contributed by atoms with Crippen molar-refractivity contribution in [2.24, 2.45) is 0 Å². The first-order valence-electron chi connectivity index (χ1n) is 6.51. The number of aliphatic carboxylic acids is 1. The third kappa shape index (κ3) is 2.43. The van der Waals surface area contributed by atoms with Crippen LogP contribution in [0.15, 0.2) is 18.2 Å². The van der Waals surface area contributed by atoms with E-state index >= 15 is 0 Å². The quantitative estimate of drug-likeness (QED) is 0.820. The van der Waals surface area contributed by atoms with Crippen LogP contribution >= 0.6 is 0 Å². The van der Waals surface area contributed by atoms with Crippen LogP contribution in [0.2, 0.25) is 0 Å². The van der Waals surface area contributed by atoms with Crippen LogP contribution < -0.4 is 10.4 Å². The van der Waals surface area contributed by atoms with E-state index in [0.29, 0.717) is 12.8 Å². The van der Waals surface area contributed by atoms with Crippen molar-refractivity contribution in [1.82, 2.24) is 0 Å². The number of aliphatic hydroxyl groups is 1. The largest absolute Gasteiger partial charge is 0.550 e. The van der Waals surface area contributed by atoms with Crippen LogP contribution in [-0.4, -0.2) is 23.4 Å². The predicted molar refractivity (Wildman–Crippen MR) is 66.3 cm³/mol. The second-order valence-corrected chi connectivity index (χ2v) is 5.29. The highest BCUT2D eigenvalue weighted by molar-refractivity contribution is 5.65. The summed E-state index contributed by atoms with van der Waals surface area (Å²) in [5.74, 6) is -1.04. The van der Waals surface area contributed by atoms with Crippen molar-refractivity contribution < 1.29 is 19.7 Å². The van der Waals surface area contributed by atoms with E-state index in [1.165, 1.54) is 0 Å². The first kappa shape index (κ1) is 12.4. The molecule has 5 heteroatoms. The Morgan fingerprint density at radius 2 is 2.42 bits per heavy atom. The zero-order valence-corrected chi connectivity index (χ0v) is 10.5. The number of carbonyl (C=O) groups is 1. The van der Waals surface area contributed by atoms with Gasteiger partial charge in [-0.3, -0.25) is 0 Å². The van der Waals surface area contributed by atoms with Gasteiger partial charge >= 0.3 is 0 Å². The van der Waals surface area contributed by atoms with Crippen LogP contribution in [0.3, 0.4) is 0 Å². The molecule has 19 heavy (non-hydrogen) atoms. The summed E-state index contributed by atoms with van der Waals surface area (Å²) in [5.41, 5.74) is 1.85. The smallest absolute Gasteiger partial charge is 0.159 e. The van der Waals surface area contributed by atoms with Crippen LogP contribution in [-0.2, 0) is 16.0 Å². The number of fused-ring (bicyclic) bond motifs is 2. The molecule has 4 rings (SSSR count). The van der Waals surface area contributed by atoms with Crippen molar-refractivity contribution in [1.29, 1.82) is 0 Å². The predicted octanol–water partition coefficient (Wildman–Crippen LogP) is 0.335. The van der Waals surface area contributed by atoms with Gasteiger partial charge in [0.05, 0.1) is 12.7 Å². The molecule has 3 aliphatic rings. The van der Waals surface area contributed by atoms with Crippen molar-refractivity contribution in [3.05, 3.63) is 29.3 Å². The van der Waals surface area contributed by atoms with Gasteiger partial charge in [-0.15, -0.1) is 0 Å². The Bertz CT molecular complexity index is 506. The summed E-state index contributed by atoms with van der Waals surface area (Å²) < 4.78 is 5.67. The highest BCUT2D eigenvalue weighted by atomic mass is 16.5. The van der Waals surface area contributed by atoms with E-state index in [-0.39, 0.29) is 19.1 Å². The maximum atomic E-state index is 10.5. The molecule has 3 aliphatic heterocycles. The van der Waals surface area contributed by atoms with Gasteiger partial charge < -0.3 is 25.1 Å². The van der Waals surface area contributed by atoms with E-state index in [0.717, 1.165) is 23.2 Å². The Morgan fingerprint density at radius 3 is 3.11 bits per heavy atom. The van der Waals surface area contributed by atoms with Gasteiger partial charge in [0.2, 0.25) is 0 Å². The number of carbonyl (C=O) groups excluding carboxylic acids is 1. The summed E-state index contributed by atoms with van der Waals surface area (Å²) in [6, 6.07) is 5.73. The number of rotatable bonds is 3. The number of aryl methyl sites for hydroxylation is 1. The molecule has 3 heterocycles. The van der Waals surface area contributed by atoms with Crippen molar-refractivity contribution in [2.45, 2.75) is 37.5 Å². The molecule has 0 saturated carbocycles. The molecule has 0 unspecified atom stereocenters. The lowest BCUT2D eigenvalue weighted by molar-refractivity contribution is -0.305. The van der Waals surface area contributed by atoms with Crippen molar-refractivity contribution >= 4 is 11.7 Å². The highest BCUT2D eigenvalue weighted by Gasteiger charge is 2.39. The Kier molecular flexibility index (Phi) is 2.95. The fraction of sp³-hybridized carbons (Fsp3) is 0.500. The molecule has 0 spiro atoms. The lowest BCUT2D eigenvalue weighted by atomic mass is 9.97.